The number of Topliss-reactive ketones (excluding diaryl/α,β-unsaturated/α-hetero) is 1. The zero-order chi connectivity index (χ0) is 15.0. The van der Waals surface area contributed by atoms with E-state index in [4.69, 9.17) is 9.47 Å². The number of ether oxygens (including phenoxy) is 2. The topological polar surface area (TPSA) is 55.8 Å². The van der Waals surface area contributed by atoms with Crippen LogP contribution >= 0.6 is 0 Å². The number of ketones is 1. The third kappa shape index (κ3) is 3.69. The molecule has 0 aromatic carbocycles. The summed E-state index contributed by atoms with van der Waals surface area (Å²) in [4.78, 5) is 25.4. The lowest BCUT2D eigenvalue weighted by Crippen LogP contribution is -2.52. The molecule has 110 valence electrons. The highest BCUT2D eigenvalue weighted by molar-refractivity contribution is 5.80. The fourth-order valence-electron chi connectivity index (χ4n) is 2.14. The van der Waals surface area contributed by atoms with Gasteiger partial charge in [0.1, 0.15) is 17.1 Å². The summed E-state index contributed by atoms with van der Waals surface area (Å²) < 4.78 is 11.1. The number of carbonyl (C=O) groups is 2. The Bertz CT molecular complexity index is 370. The molecule has 2 atom stereocenters. The molecular formula is C14H25NO4. The van der Waals surface area contributed by atoms with Crippen LogP contribution < -0.4 is 0 Å². The van der Waals surface area contributed by atoms with Crippen molar-refractivity contribution in [2.45, 2.75) is 65.8 Å². The van der Waals surface area contributed by atoms with Gasteiger partial charge in [-0.2, -0.15) is 0 Å². The van der Waals surface area contributed by atoms with Gasteiger partial charge in [-0.15, -0.1) is 0 Å². The maximum atomic E-state index is 12.3. The molecule has 0 aromatic heterocycles. The molecule has 5 heteroatoms. The summed E-state index contributed by atoms with van der Waals surface area (Å²) in [7, 11) is 0. The molecular weight excluding hydrogens is 246 g/mol. The van der Waals surface area contributed by atoms with Gasteiger partial charge in [-0.1, -0.05) is 6.92 Å². The van der Waals surface area contributed by atoms with Crippen LogP contribution in [0, 0.1) is 5.92 Å². The van der Waals surface area contributed by atoms with Crippen LogP contribution in [0.1, 0.15) is 48.5 Å². The zero-order valence-corrected chi connectivity index (χ0v) is 12.9. The molecule has 1 aliphatic rings. The van der Waals surface area contributed by atoms with Crippen LogP contribution in [-0.2, 0) is 14.3 Å². The van der Waals surface area contributed by atoms with E-state index in [1.165, 1.54) is 6.92 Å². The van der Waals surface area contributed by atoms with E-state index in [9.17, 15) is 9.59 Å². The second-order valence-electron chi connectivity index (χ2n) is 6.57. The van der Waals surface area contributed by atoms with Crippen molar-refractivity contribution in [3.05, 3.63) is 0 Å². The number of hydrogen-bond donors (Lipinski definition) is 0. The van der Waals surface area contributed by atoms with E-state index < -0.39 is 17.4 Å². The lowest BCUT2D eigenvalue weighted by atomic mass is 9.97. The van der Waals surface area contributed by atoms with E-state index in [1.807, 2.05) is 41.5 Å². The molecule has 1 rings (SSSR count). The number of amides is 1. The fourth-order valence-corrected chi connectivity index (χ4v) is 2.14. The summed E-state index contributed by atoms with van der Waals surface area (Å²) in [6.07, 6.45) is -0.437. The van der Waals surface area contributed by atoms with E-state index in [-0.39, 0.29) is 17.7 Å². The van der Waals surface area contributed by atoms with E-state index >= 15 is 0 Å². The van der Waals surface area contributed by atoms with Gasteiger partial charge < -0.3 is 9.47 Å². The van der Waals surface area contributed by atoms with Crippen molar-refractivity contribution in [1.82, 2.24) is 4.90 Å². The lowest BCUT2D eigenvalue weighted by Gasteiger charge is -2.36. The first-order valence-corrected chi connectivity index (χ1v) is 6.62. The van der Waals surface area contributed by atoms with Crippen molar-refractivity contribution in [1.29, 1.82) is 0 Å². The fraction of sp³-hybridized carbons (Fsp3) is 0.857. The first-order valence-electron chi connectivity index (χ1n) is 6.62. The molecule has 0 N–H and O–H groups in total. The maximum Gasteiger partial charge on any atom is 0.412 e. The van der Waals surface area contributed by atoms with Crippen molar-refractivity contribution >= 4 is 11.9 Å². The van der Waals surface area contributed by atoms with Crippen molar-refractivity contribution in [3.8, 4) is 0 Å². The highest BCUT2D eigenvalue weighted by Gasteiger charge is 2.48. The predicted molar refractivity (Wildman–Crippen MR) is 71.7 cm³/mol. The van der Waals surface area contributed by atoms with Crippen LogP contribution in [0.25, 0.3) is 0 Å². The van der Waals surface area contributed by atoms with Crippen LogP contribution in [0.2, 0.25) is 0 Å². The van der Waals surface area contributed by atoms with E-state index in [1.54, 1.807) is 4.90 Å². The third-order valence-corrected chi connectivity index (χ3v) is 3.33. The molecule has 19 heavy (non-hydrogen) atoms. The average Bonchev–Trinajstić information content (AvgIpc) is 2.50. The smallest absolute Gasteiger partial charge is 0.412 e. The van der Waals surface area contributed by atoms with Gasteiger partial charge in [0.2, 0.25) is 0 Å². The Balaban J connectivity index is 2.96. The SMILES string of the molecule is CC(=O)[C@H](C)[C@H]1COC(C)(C)N1C(=O)OC(C)(C)C. The molecule has 1 saturated heterocycles. The van der Waals surface area contributed by atoms with Gasteiger partial charge >= 0.3 is 6.09 Å². The second-order valence-corrected chi connectivity index (χ2v) is 6.57. The highest BCUT2D eigenvalue weighted by Crippen LogP contribution is 2.32. The van der Waals surface area contributed by atoms with Crippen LogP contribution in [0.4, 0.5) is 4.79 Å². The molecule has 0 spiro atoms. The van der Waals surface area contributed by atoms with E-state index in [2.05, 4.69) is 0 Å². The van der Waals surface area contributed by atoms with Crippen LogP contribution in [0.5, 0.6) is 0 Å². The van der Waals surface area contributed by atoms with Crippen LogP contribution in [0.15, 0.2) is 0 Å². The lowest BCUT2D eigenvalue weighted by molar-refractivity contribution is -0.122. The molecule has 0 aromatic rings. The molecule has 0 bridgehead atoms. The first kappa shape index (κ1) is 16.0. The molecule has 5 nitrogen and oxygen atoms in total. The summed E-state index contributed by atoms with van der Waals surface area (Å²) in [6, 6.07) is -0.276. The minimum Gasteiger partial charge on any atom is -0.444 e. The maximum absolute atomic E-state index is 12.3. The molecule has 0 unspecified atom stereocenters. The molecule has 1 heterocycles. The second kappa shape index (κ2) is 5.12. The van der Waals surface area contributed by atoms with Crippen molar-refractivity contribution < 1.29 is 19.1 Å². The molecule has 1 fully saturated rings. The molecule has 0 aliphatic carbocycles. The standard InChI is InChI=1S/C14H25NO4/c1-9(10(2)16)11-8-18-14(6,7)15(11)12(17)19-13(3,4)5/h9,11H,8H2,1-7H3/t9-,11+/m0/s1. The Morgan fingerprint density at radius 1 is 1.37 bits per heavy atom. The Hall–Kier alpha value is -1.10. The van der Waals surface area contributed by atoms with Gasteiger partial charge in [0, 0.05) is 5.92 Å². The van der Waals surface area contributed by atoms with Gasteiger partial charge in [-0.3, -0.25) is 9.69 Å². The summed E-state index contributed by atoms with van der Waals surface area (Å²) in [5.74, 6) is -0.228. The van der Waals surface area contributed by atoms with Crippen molar-refractivity contribution in [2.24, 2.45) is 5.92 Å². The molecule has 0 radical (unpaired) electrons. The quantitative estimate of drug-likeness (QED) is 0.774. The monoisotopic (exact) mass is 271 g/mol. The first-order chi connectivity index (χ1) is 8.46. The van der Waals surface area contributed by atoms with Gasteiger partial charge in [0.05, 0.1) is 12.6 Å². The Morgan fingerprint density at radius 3 is 2.32 bits per heavy atom. The van der Waals surface area contributed by atoms with E-state index in [0.29, 0.717) is 6.61 Å². The van der Waals surface area contributed by atoms with Gasteiger partial charge in [-0.25, -0.2) is 4.79 Å². The van der Waals surface area contributed by atoms with Gasteiger partial charge in [0.15, 0.2) is 0 Å². The number of hydrogen-bond acceptors (Lipinski definition) is 4. The average molecular weight is 271 g/mol. The minimum atomic E-state index is -0.753. The molecule has 0 saturated carbocycles. The van der Waals surface area contributed by atoms with Gasteiger partial charge in [-0.05, 0) is 41.5 Å². The largest absolute Gasteiger partial charge is 0.444 e. The van der Waals surface area contributed by atoms with Crippen molar-refractivity contribution in [2.75, 3.05) is 6.61 Å². The normalized spacial score (nSPS) is 24.2. The number of nitrogens with zero attached hydrogens (tertiary/aromatic N) is 1. The van der Waals surface area contributed by atoms with E-state index in [0.717, 1.165) is 0 Å². The summed E-state index contributed by atoms with van der Waals surface area (Å²) in [6.45, 7) is 12.8. The number of carbonyl (C=O) groups excluding carboxylic acids is 2. The summed E-state index contributed by atoms with van der Waals surface area (Å²) in [5.41, 5.74) is -1.32. The summed E-state index contributed by atoms with van der Waals surface area (Å²) >= 11 is 0. The zero-order valence-electron chi connectivity index (χ0n) is 12.9. The van der Waals surface area contributed by atoms with Crippen LogP contribution in [-0.4, -0.2) is 40.8 Å². The third-order valence-electron chi connectivity index (χ3n) is 3.33. The minimum absolute atomic E-state index is 0.0415. The predicted octanol–water partition coefficient (Wildman–Crippen LogP) is 2.58. The number of rotatable bonds is 2. The Labute approximate surface area is 115 Å². The summed E-state index contributed by atoms with van der Waals surface area (Å²) in [5, 5.41) is 0. The van der Waals surface area contributed by atoms with Gasteiger partial charge in [0.25, 0.3) is 0 Å². The molecule has 1 amide bonds. The Morgan fingerprint density at radius 2 is 1.89 bits per heavy atom. The van der Waals surface area contributed by atoms with Crippen LogP contribution in [0.3, 0.4) is 0 Å². The highest BCUT2D eigenvalue weighted by atomic mass is 16.6. The molecule has 1 aliphatic heterocycles. The Kier molecular flexibility index (Phi) is 4.30. The van der Waals surface area contributed by atoms with Crippen molar-refractivity contribution in [3.63, 3.8) is 0 Å².